The predicted octanol–water partition coefficient (Wildman–Crippen LogP) is 3.36. The number of nitrogens with zero attached hydrogens (tertiary/aromatic N) is 1. The SMILES string of the molecule is O=C(OCc1ccccc1)C1Cc2nc(Br)sc2C1. The van der Waals surface area contributed by atoms with Gasteiger partial charge >= 0.3 is 5.97 Å². The normalized spacial score (nSPS) is 17.2. The van der Waals surface area contributed by atoms with Crippen molar-refractivity contribution < 1.29 is 9.53 Å². The quantitative estimate of drug-likeness (QED) is 0.806. The summed E-state index contributed by atoms with van der Waals surface area (Å²) in [6.07, 6.45) is 1.46. The molecule has 0 amide bonds. The fourth-order valence-electron chi connectivity index (χ4n) is 2.21. The summed E-state index contributed by atoms with van der Waals surface area (Å²) in [7, 11) is 0. The lowest BCUT2D eigenvalue weighted by atomic mass is 10.1. The van der Waals surface area contributed by atoms with Crippen molar-refractivity contribution in [3.8, 4) is 0 Å². The molecule has 1 aliphatic rings. The van der Waals surface area contributed by atoms with E-state index in [2.05, 4.69) is 20.9 Å². The molecule has 0 bridgehead atoms. The Kier molecular flexibility index (Phi) is 3.66. The van der Waals surface area contributed by atoms with Gasteiger partial charge in [0.05, 0.1) is 11.6 Å². The largest absolute Gasteiger partial charge is 0.461 e. The van der Waals surface area contributed by atoms with Crippen molar-refractivity contribution >= 4 is 33.2 Å². The van der Waals surface area contributed by atoms with E-state index in [9.17, 15) is 4.79 Å². The van der Waals surface area contributed by atoms with Crippen LogP contribution in [0.15, 0.2) is 34.2 Å². The monoisotopic (exact) mass is 337 g/mol. The van der Waals surface area contributed by atoms with E-state index in [4.69, 9.17) is 4.74 Å². The fraction of sp³-hybridized carbons (Fsp3) is 0.286. The molecule has 2 aromatic rings. The maximum atomic E-state index is 12.0. The van der Waals surface area contributed by atoms with Crippen LogP contribution in [-0.4, -0.2) is 11.0 Å². The van der Waals surface area contributed by atoms with Crippen LogP contribution in [0.3, 0.4) is 0 Å². The number of benzene rings is 1. The summed E-state index contributed by atoms with van der Waals surface area (Å²) in [6.45, 7) is 0.348. The third-order valence-corrected chi connectivity index (χ3v) is 4.75. The number of carbonyl (C=O) groups is 1. The minimum atomic E-state index is -0.120. The standard InChI is InChI=1S/C14H12BrNO2S/c15-14-16-11-6-10(7-12(11)19-14)13(17)18-8-9-4-2-1-3-5-9/h1-5,10H,6-8H2. The number of aromatic nitrogens is 1. The van der Waals surface area contributed by atoms with E-state index in [-0.39, 0.29) is 11.9 Å². The summed E-state index contributed by atoms with van der Waals surface area (Å²) in [5.74, 6) is -0.185. The van der Waals surface area contributed by atoms with E-state index in [0.717, 1.165) is 21.6 Å². The molecule has 3 nitrogen and oxygen atoms in total. The molecule has 0 aliphatic heterocycles. The zero-order valence-electron chi connectivity index (χ0n) is 10.1. The second-order valence-electron chi connectivity index (χ2n) is 4.54. The minimum Gasteiger partial charge on any atom is -0.461 e. The molecule has 98 valence electrons. The highest BCUT2D eigenvalue weighted by Gasteiger charge is 2.31. The summed E-state index contributed by atoms with van der Waals surface area (Å²) >= 11 is 4.98. The van der Waals surface area contributed by atoms with Crippen molar-refractivity contribution in [2.24, 2.45) is 5.92 Å². The molecular weight excluding hydrogens is 326 g/mol. The van der Waals surface area contributed by atoms with Crippen molar-refractivity contribution in [1.29, 1.82) is 0 Å². The maximum absolute atomic E-state index is 12.0. The highest BCUT2D eigenvalue weighted by Crippen LogP contribution is 2.34. The van der Waals surface area contributed by atoms with Crippen LogP contribution >= 0.6 is 27.3 Å². The molecule has 1 aliphatic carbocycles. The molecule has 1 aromatic heterocycles. The smallest absolute Gasteiger partial charge is 0.310 e. The number of rotatable bonds is 3. The Balaban J connectivity index is 1.57. The molecular formula is C14H12BrNO2S. The van der Waals surface area contributed by atoms with E-state index in [0.29, 0.717) is 13.0 Å². The molecule has 19 heavy (non-hydrogen) atoms. The lowest BCUT2D eigenvalue weighted by Gasteiger charge is -2.09. The summed E-state index contributed by atoms with van der Waals surface area (Å²) in [5, 5.41) is 0. The molecule has 0 saturated heterocycles. The van der Waals surface area contributed by atoms with Gasteiger partial charge in [0.2, 0.25) is 0 Å². The number of esters is 1. The van der Waals surface area contributed by atoms with Crippen molar-refractivity contribution in [3.63, 3.8) is 0 Å². The average Bonchev–Trinajstić information content (AvgIpc) is 2.94. The number of halogens is 1. The number of hydrogen-bond acceptors (Lipinski definition) is 4. The van der Waals surface area contributed by atoms with Gasteiger partial charge in [-0.1, -0.05) is 30.3 Å². The van der Waals surface area contributed by atoms with Crippen molar-refractivity contribution in [2.75, 3.05) is 0 Å². The van der Waals surface area contributed by atoms with E-state index in [1.54, 1.807) is 11.3 Å². The first-order chi connectivity index (χ1) is 9.22. The highest BCUT2D eigenvalue weighted by molar-refractivity contribution is 9.11. The van der Waals surface area contributed by atoms with Gasteiger partial charge in [0.1, 0.15) is 6.61 Å². The summed E-state index contributed by atoms with van der Waals surface area (Å²) in [4.78, 5) is 17.6. The third kappa shape index (κ3) is 2.87. The van der Waals surface area contributed by atoms with E-state index in [1.165, 1.54) is 4.88 Å². The van der Waals surface area contributed by atoms with Gasteiger partial charge < -0.3 is 4.74 Å². The van der Waals surface area contributed by atoms with E-state index >= 15 is 0 Å². The minimum absolute atomic E-state index is 0.0643. The van der Waals surface area contributed by atoms with Crippen molar-refractivity contribution in [1.82, 2.24) is 4.98 Å². The number of fused-ring (bicyclic) bond motifs is 1. The second-order valence-corrected chi connectivity index (χ2v) is 6.89. The van der Waals surface area contributed by atoms with E-state index < -0.39 is 0 Å². The maximum Gasteiger partial charge on any atom is 0.310 e. The lowest BCUT2D eigenvalue weighted by molar-refractivity contribution is -0.149. The number of ether oxygens (including phenoxy) is 1. The Bertz CT molecular complexity index is 573. The van der Waals surface area contributed by atoms with Gasteiger partial charge in [-0.25, -0.2) is 4.98 Å². The highest BCUT2D eigenvalue weighted by atomic mass is 79.9. The van der Waals surface area contributed by atoms with Crippen LogP contribution in [0.2, 0.25) is 0 Å². The molecule has 0 spiro atoms. The molecule has 0 radical (unpaired) electrons. The summed E-state index contributed by atoms with van der Waals surface area (Å²) < 4.78 is 6.27. The number of hydrogen-bond donors (Lipinski definition) is 0. The Morgan fingerprint density at radius 1 is 1.37 bits per heavy atom. The van der Waals surface area contributed by atoms with Gasteiger partial charge in [0.25, 0.3) is 0 Å². The Hall–Kier alpha value is -1.20. The molecule has 1 heterocycles. The first-order valence-electron chi connectivity index (χ1n) is 6.07. The first kappa shape index (κ1) is 12.8. The molecule has 1 unspecified atom stereocenters. The zero-order chi connectivity index (χ0) is 13.2. The fourth-order valence-corrected chi connectivity index (χ4v) is 3.90. The van der Waals surface area contributed by atoms with Gasteiger partial charge in [-0.3, -0.25) is 4.79 Å². The van der Waals surface area contributed by atoms with Crippen LogP contribution in [0.25, 0.3) is 0 Å². The Morgan fingerprint density at radius 3 is 2.89 bits per heavy atom. The summed E-state index contributed by atoms with van der Waals surface area (Å²) in [5.41, 5.74) is 2.06. The zero-order valence-corrected chi connectivity index (χ0v) is 12.5. The topological polar surface area (TPSA) is 39.2 Å². The molecule has 1 aromatic carbocycles. The molecule has 1 atom stereocenters. The molecule has 5 heteroatoms. The molecule has 0 fully saturated rings. The van der Waals surface area contributed by atoms with Gasteiger partial charge in [-0.05, 0) is 27.9 Å². The third-order valence-electron chi connectivity index (χ3n) is 3.18. The summed E-state index contributed by atoms with van der Waals surface area (Å²) in [6, 6.07) is 9.74. The van der Waals surface area contributed by atoms with Gasteiger partial charge in [0, 0.05) is 11.3 Å². The second kappa shape index (κ2) is 5.43. The average molecular weight is 338 g/mol. The van der Waals surface area contributed by atoms with Gasteiger partial charge in [0.15, 0.2) is 3.92 Å². The van der Waals surface area contributed by atoms with Crippen LogP contribution in [0, 0.1) is 5.92 Å². The lowest BCUT2D eigenvalue weighted by Crippen LogP contribution is -2.18. The van der Waals surface area contributed by atoms with Gasteiger partial charge in [-0.15, -0.1) is 11.3 Å². The van der Waals surface area contributed by atoms with Crippen molar-refractivity contribution in [2.45, 2.75) is 19.4 Å². The Morgan fingerprint density at radius 2 is 2.16 bits per heavy atom. The van der Waals surface area contributed by atoms with Crippen LogP contribution in [0.4, 0.5) is 0 Å². The predicted molar refractivity (Wildman–Crippen MR) is 77.0 cm³/mol. The van der Waals surface area contributed by atoms with Gasteiger partial charge in [-0.2, -0.15) is 0 Å². The van der Waals surface area contributed by atoms with Crippen LogP contribution < -0.4 is 0 Å². The van der Waals surface area contributed by atoms with E-state index in [1.807, 2.05) is 30.3 Å². The number of thiazole rings is 1. The molecule has 3 rings (SSSR count). The van der Waals surface area contributed by atoms with Crippen LogP contribution in [0.5, 0.6) is 0 Å². The van der Waals surface area contributed by atoms with Crippen LogP contribution in [0.1, 0.15) is 16.1 Å². The first-order valence-corrected chi connectivity index (χ1v) is 7.68. The van der Waals surface area contributed by atoms with Crippen LogP contribution in [-0.2, 0) is 29.0 Å². The number of carbonyl (C=O) groups excluding carboxylic acids is 1. The molecule has 0 saturated carbocycles. The Labute approximate surface area is 123 Å². The van der Waals surface area contributed by atoms with Crippen molar-refractivity contribution in [3.05, 3.63) is 50.4 Å². The molecule has 0 N–H and O–H groups in total.